The maximum Gasteiger partial charge on any atom is 0.326 e. The monoisotopic (exact) mass is 385 g/mol. The van der Waals surface area contributed by atoms with Gasteiger partial charge in [0.1, 0.15) is 0 Å². The van der Waals surface area contributed by atoms with E-state index in [1.807, 2.05) is 33.1 Å². The number of aromatic nitrogens is 1. The lowest BCUT2D eigenvalue weighted by Crippen LogP contribution is -2.41. The Morgan fingerprint density at radius 2 is 2.35 bits per heavy atom. The van der Waals surface area contributed by atoms with Crippen molar-refractivity contribution < 1.29 is 4.79 Å². The molecule has 1 aliphatic heterocycles. The van der Waals surface area contributed by atoms with Crippen molar-refractivity contribution in [3.63, 3.8) is 0 Å². The molecule has 1 N–H and O–H groups in total. The van der Waals surface area contributed by atoms with E-state index in [0.29, 0.717) is 11.8 Å². The van der Waals surface area contributed by atoms with E-state index in [9.17, 15) is 4.79 Å². The summed E-state index contributed by atoms with van der Waals surface area (Å²) in [4.78, 5) is 17.8. The minimum absolute atomic E-state index is 0.00429. The zero-order chi connectivity index (χ0) is 12.3. The lowest BCUT2D eigenvalue weighted by Gasteiger charge is -2.30. The first kappa shape index (κ1) is 13.4. The van der Waals surface area contributed by atoms with Crippen LogP contribution in [0, 0.1) is 0 Å². The van der Waals surface area contributed by atoms with Crippen LogP contribution in [0.2, 0.25) is 0 Å². The molecule has 1 aromatic rings. The van der Waals surface area contributed by atoms with Crippen molar-refractivity contribution in [3.8, 4) is 0 Å². The van der Waals surface area contributed by atoms with Gasteiger partial charge in [0.25, 0.3) is 0 Å². The second kappa shape index (κ2) is 6.19. The molecule has 0 spiro atoms. The molecule has 0 bridgehead atoms. The number of amides is 2. The molecular weight excluding hydrogens is 373 g/mol. The fraction of sp³-hybridized carbons (Fsp3) is 0.600. The molecule has 0 aromatic carbocycles. The smallest absolute Gasteiger partial charge is 0.324 e. The number of carbonyl (C=O) groups excluding carboxylic acids is 1. The summed E-state index contributed by atoms with van der Waals surface area (Å²) in [5, 5.41) is 3.18. The van der Waals surface area contributed by atoms with Crippen molar-refractivity contribution in [1.82, 2.24) is 13.4 Å². The SMILES string of the molecule is O=C(NI)N1CCC(c2nc(CCl)cs2)CC1. The number of hydrogen-bond acceptors (Lipinski definition) is 3. The van der Waals surface area contributed by atoms with Gasteiger partial charge in [-0.2, -0.15) is 0 Å². The van der Waals surface area contributed by atoms with Crippen LogP contribution in [0.5, 0.6) is 0 Å². The van der Waals surface area contributed by atoms with E-state index < -0.39 is 0 Å². The van der Waals surface area contributed by atoms with Gasteiger partial charge in [-0.3, -0.25) is 3.53 Å². The van der Waals surface area contributed by atoms with Crippen LogP contribution in [0.4, 0.5) is 4.79 Å². The number of piperidine rings is 1. The summed E-state index contributed by atoms with van der Waals surface area (Å²) in [5.74, 6) is 0.960. The summed E-state index contributed by atoms with van der Waals surface area (Å²) in [5.41, 5.74) is 0.958. The van der Waals surface area contributed by atoms with Gasteiger partial charge in [-0.15, -0.1) is 22.9 Å². The second-order valence-electron chi connectivity index (χ2n) is 3.97. The molecule has 0 unspecified atom stereocenters. The average molecular weight is 386 g/mol. The number of likely N-dealkylation sites (tertiary alicyclic amines) is 1. The van der Waals surface area contributed by atoms with Gasteiger partial charge in [0.05, 0.1) is 39.4 Å². The Labute approximate surface area is 123 Å². The standard InChI is InChI=1S/C10H13ClIN3OS/c11-5-8-6-17-9(13-8)7-1-3-15(4-2-7)10(16)14-12/h6-7H,1-5H2,(H,14,16). The maximum absolute atomic E-state index is 11.4. The van der Waals surface area contributed by atoms with Crippen molar-refractivity contribution in [1.29, 1.82) is 0 Å². The van der Waals surface area contributed by atoms with Gasteiger partial charge in [-0.05, 0) is 12.8 Å². The van der Waals surface area contributed by atoms with E-state index in [2.05, 4.69) is 8.51 Å². The molecule has 1 aliphatic rings. The Bertz CT molecular complexity index is 393. The van der Waals surface area contributed by atoms with Crippen LogP contribution in [0.1, 0.15) is 29.5 Å². The Hall–Kier alpha value is -0.0800. The molecule has 0 aliphatic carbocycles. The minimum Gasteiger partial charge on any atom is -0.324 e. The fourth-order valence-electron chi connectivity index (χ4n) is 1.96. The van der Waals surface area contributed by atoms with Crippen LogP contribution in [0.25, 0.3) is 0 Å². The van der Waals surface area contributed by atoms with Crippen LogP contribution in [0.3, 0.4) is 0 Å². The summed E-state index contributed by atoms with van der Waals surface area (Å²) < 4.78 is 2.63. The quantitative estimate of drug-likeness (QED) is 0.483. The normalized spacial score (nSPS) is 17.2. The minimum atomic E-state index is 0.00429. The number of carbonyl (C=O) groups is 1. The van der Waals surface area contributed by atoms with Crippen LogP contribution in [-0.4, -0.2) is 29.0 Å². The van der Waals surface area contributed by atoms with Crippen molar-refractivity contribution in [2.75, 3.05) is 13.1 Å². The summed E-state index contributed by atoms with van der Waals surface area (Å²) in [6.07, 6.45) is 1.97. The van der Waals surface area contributed by atoms with Gasteiger partial charge in [0.15, 0.2) is 0 Å². The zero-order valence-electron chi connectivity index (χ0n) is 9.16. The number of nitrogens with one attached hydrogen (secondary N) is 1. The highest BCUT2D eigenvalue weighted by Crippen LogP contribution is 2.30. The third-order valence-corrected chi connectivity index (χ3v) is 4.71. The highest BCUT2D eigenvalue weighted by Gasteiger charge is 2.25. The Balaban J connectivity index is 1.92. The molecule has 94 valence electrons. The van der Waals surface area contributed by atoms with E-state index >= 15 is 0 Å². The van der Waals surface area contributed by atoms with Crippen molar-refractivity contribution in [2.24, 2.45) is 0 Å². The van der Waals surface area contributed by atoms with E-state index in [1.54, 1.807) is 11.3 Å². The van der Waals surface area contributed by atoms with Crippen LogP contribution < -0.4 is 3.53 Å². The predicted octanol–water partition coefficient (Wildman–Crippen LogP) is 3.12. The fourth-order valence-corrected chi connectivity index (χ4v) is 3.52. The van der Waals surface area contributed by atoms with Gasteiger partial charge < -0.3 is 4.90 Å². The van der Waals surface area contributed by atoms with Crippen LogP contribution in [-0.2, 0) is 5.88 Å². The molecule has 1 aromatic heterocycles. The number of rotatable bonds is 2. The number of nitrogens with zero attached hydrogens (tertiary/aromatic N) is 2. The molecule has 0 atom stereocenters. The Kier molecular flexibility index (Phi) is 4.87. The lowest BCUT2D eigenvalue weighted by atomic mass is 9.98. The van der Waals surface area contributed by atoms with Crippen LogP contribution in [0.15, 0.2) is 5.38 Å². The third kappa shape index (κ3) is 3.23. The first-order valence-corrected chi connectivity index (χ1v) is 7.89. The topological polar surface area (TPSA) is 45.2 Å². The molecule has 17 heavy (non-hydrogen) atoms. The number of urea groups is 1. The van der Waals surface area contributed by atoms with E-state index in [1.165, 1.54) is 0 Å². The molecule has 0 saturated carbocycles. The molecule has 7 heteroatoms. The predicted molar refractivity (Wildman–Crippen MR) is 77.8 cm³/mol. The van der Waals surface area contributed by atoms with Gasteiger partial charge in [-0.1, -0.05) is 0 Å². The third-order valence-electron chi connectivity index (χ3n) is 2.92. The number of thiazole rings is 1. The molecule has 0 radical (unpaired) electrons. The van der Waals surface area contributed by atoms with Crippen molar-refractivity contribution in [3.05, 3.63) is 16.1 Å². The highest BCUT2D eigenvalue weighted by atomic mass is 127. The molecule has 2 amide bonds. The summed E-state index contributed by atoms with van der Waals surface area (Å²) in [7, 11) is 0. The molecule has 2 rings (SSSR count). The summed E-state index contributed by atoms with van der Waals surface area (Å²) in [6, 6.07) is 0.00429. The average Bonchev–Trinajstić information content (AvgIpc) is 2.87. The number of alkyl halides is 1. The number of hydrogen-bond donors (Lipinski definition) is 1. The van der Waals surface area contributed by atoms with Gasteiger partial charge in [-0.25, -0.2) is 9.78 Å². The van der Waals surface area contributed by atoms with E-state index in [-0.39, 0.29) is 6.03 Å². The maximum atomic E-state index is 11.4. The van der Waals surface area contributed by atoms with E-state index in [4.69, 9.17) is 11.6 Å². The van der Waals surface area contributed by atoms with E-state index in [0.717, 1.165) is 36.6 Å². The zero-order valence-corrected chi connectivity index (χ0v) is 12.9. The molecular formula is C10H13ClIN3OS. The Morgan fingerprint density at radius 3 is 2.88 bits per heavy atom. The van der Waals surface area contributed by atoms with Gasteiger partial charge >= 0.3 is 6.03 Å². The largest absolute Gasteiger partial charge is 0.326 e. The van der Waals surface area contributed by atoms with Gasteiger partial charge in [0, 0.05) is 24.4 Å². The summed E-state index contributed by atoms with van der Waals surface area (Å²) >= 11 is 9.30. The lowest BCUT2D eigenvalue weighted by molar-refractivity contribution is 0.188. The van der Waals surface area contributed by atoms with Crippen molar-refractivity contribution in [2.45, 2.75) is 24.6 Å². The molecule has 2 heterocycles. The first-order chi connectivity index (χ1) is 8.24. The van der Waals surface area contributed by atoms with Crippen molar-refractivity contribution >= 4 is 51.8 Å². The van der Waals surface area contributed by atoms with Gasteiger partial charge in [0.2, 0.25) is 0 Å². The molecule has 4 nitrogen and oxygen atoms in total. The first-order valence-electron chi connectivity index (χ1n) is 5.40. The second-order valence-corrected chi connectivity index (χ2v) is 5.67. The molecule has 1 saturated heterocycles. The summed E-state index contributed by atoms with van der Waals surface area (Å²) in [6.45, 7) is 1.60. The molecule has 1 fully saturated rings. The van der Waals surface area contributed by atoms with Crippen LogP contribution >= 0.6 is 45.8 Å². The number of halogens is 2. The Morgan fingerprint density at radius 1 is 1.65 bits per heavy atom. The highest BCUT2D eigenvalue weighted by molar-refractivity contribution is 14.1.